The average Bonchev–Trinajstić information content (AvgIpc) is 3.59. The van der Waals surface area contributed by atoms with Gasteiger partial charge in [-0.25, -0.2) is 8.42 Å². The van der Waals surface area contributed by atoms with Crippen molar-refractivity contribution in [3.05, 3.63) is 52.0 Å². The van der Waals surface area contributed by atoms with Crippen molar-refractivity contribution in [1.29, 1.82) is 0 Å². The lowest BCUT2D eigenvalue weighted by atomic mass is 10.1. The highest BCUT2D eigenvalue weighted by Crippen LogP contribution is 2.36. The molecule has 0 unspecified atom stereocenters. The zero-order chi connectivity index (χ0) is 28.2. The molecule has 1 heterocycles. The van der Waals surface area contributed by atoms with E-state index in [4.69, 9.17) is 32.7 Å². The van der Waals surface area contributed by atoms with E-state index in [9.17, 15) is 18.0 Å². The summed E-state index contributed by atoms with van der Waals surface area (Å²) in [6, 6.07) is 8.87. The molecule has 0 radical (unpaired) electrons. The molecule has 0 saturated heterocycles. The van der Waals surface area contributed by atoms with Gasteiger partial charge in [0.2, 0.25) is 28.6 Å². The summed E-state index contributed by atoms with van der Waals surface area (Å²) in [5.74, 6) is -0.146. The van der Waals surface area contributed by atoms with E-state index < -0.39 is 28.5 Å². The maximum atomic E-state index is 14.0. The molecule has 9 nitrogen and oxygen atoms in total. The minimum atomic E-state index is -3.87. The summed E-state index contributed by atoms with van der Waals surface area (Å²) in [5.41, 5.74) is 0.858. The Labute approximate surface area is 239 Å². The largest absolute Gasteiger partial charge is 0.454 e. The first-order chi connectivity index (χ1) is 18.6. The second-order valence-corrected chi connectivity index (χ2v) is 12.6. The highest BCUT2D eigenvalue weighted by Gasteiger charge is 2.34. The van der Waals surface area contributed by atoms with Crippen LogP contribution in [0.1, 0.15) is 51.5 Å². The maximum Gasteiger partial charge on any atom is 0.244 e. The third kappa shape index (κ3) is 6.91. The molecule has 39 heavy (non-hydrogen) atoms. The quantitative estimate of drug-likeness (QED) is 0.401. The number of nitrogens with zero attached hydrogens (tertiary/aromatic N) is 2. The van der Waals surface area contributed by atoms with Crippen molar-refractivity contribution in [3.63, 3.8) is 0 Å². The molecule has 2 aromatic rings. The van der Waals surface area contributed by atoms with Crippen LogP contribution in [-0.4, -0.2) is 56.3 Å². The zero-order valence-electron chi connectivity index (χ0n) is 22.0. The summed E-state index contributed by atoms with van der Waals surface area (Å²) in [6.45, 7) is 2.86. The van der Waals surface area contributed by atoms with Gasteiger partial charge < -0.3 is 19.7 Å². The highest BCUT2D eigenvalue weighted by molar-refractivity contribution is 7.92. The number of nitrogens with one attached hydrogen (secondary N) is 1. The number of hydrogen-bond acceptors (Lipinski definition) is 6. The lowest BCUT2D eigenvalue weighted by Crippen LogP contribution is -2.53. The highest BCUT2D eigenvalue weighted by atomic mass is 35.5. The third-order valence-corrected chi connectivity index (χ3v) is 9.39. The molecule has 212 valence electrons. The summed E-state index contributed by atoms with van der Waals surface area (Å²) < 4.78 is 38.2. The number of ether oxygens (including phenoxy) is 2. The van der Waals surface area contributed by atoms with Crippen molar-refractivity contribution in [2.75, 3.05) is 23.4 Å². The zero-order valence-corrected chi connectivity index (χ0v) is 24.3. The molecule has 2 amide bonds. The van der Waals surface area contributed by atoms with Crippen LogP contribution in [0, 0.1) is 0 Å². The fourth-order valence-corrected chi connectivity index (χ4v) is 6.40. The Kier molecular flexibility index (Phi) is 9.51. The van der Waals surface area contributed by atoms with Crippen molar-refractivity contribution in [2.45, 2.75) is 64.6 Å². The van der Waals surface area contributed by atoms with Gasteiger partial charge in [-0.1, -0.05) is 49.0 Å². The minimum Gasteiger partial charge on any atom is -0.454 e. The topological polar surface area (TPSA) is 105 Å². The van der Waals surface area contributed by atoms with Crippen molar-refractivity contribution < 1.29 is 27.5 Å². The molecule has 12 heteroatoms. The SMILES string of the molecule is CC[C@H](C(=O)NC1CCCC1)N(Cc1ccc(Cl)cc1Cl)C(=O)CN(c1ccc2c(c1)OCO2)S(=O)(=O)CC. The summed E-state index contributed by atoms with van der Waals surface area (Å²) in [6.07, 6.45) is 4.21. The van der Waals surface area contributed by atoms with Crippen LogP contribution in [0.5, 0.6) is 11.5 Å². The van der Waals surface area contributed by atoms with Gasteiger partial charge in [0.05, 0.1) is 11.4 Å². The van der Waals surface area contributed by atoms with Crippen LogP contribution in [0.25, 0.3) is 0 Å². The summed E-state index contributed by atoms with van der Waals surface area (Å²) in [7, 11) is -3.87. The molecule has 1 N–H and O–H groups in total. The Hall–Kier alpha value is -2.69. The molecule has 1 atom stereocenters. The van der Waals surface area contributed by atoms with Crippen molar-refractivity contribution in [2.24, 2.45) is 0 Å². The minimum absolute atomic E-state index is 0.00653. The third-order valence-electron chi connectivity index (χ3n) is 7.07. The van der Waals surface area contributed by atoms with Gasteiger partial charge in [-0.3, -0.25) is 13.9 Å². The first kappa shape index (κ1) is 29.3. The molecule has 1 aliphatic heterocycles. The van der Waals surface area contributed by atoms with Crippen molar-refractivity contribution in [3.8, 4) is 11.5 Å². The molecule has 2 aromatic carbocycles. The average molecular weight is 599 g/mol. The standard InChI is InChI=1S/C27H33Cl2N3O6S/c1-3-23(27(34)30-20-7-5-6-8-20)31(15-18-9-10-19(28)13-22(18)29)26(33)16-32(39(35,36)4-2)21-11-12-24-25(14-21)38-17-37-24/h9-14,20,23H,3-8,15-17H2,1-2H3,(H,30,34)/t23-/m1/s1. The Morgan fingerprint density at radius 3 is 2.44 bits per heavy atom. The molecule has 0 aromatic heterocycles. The lowest BCUT2D eigenvalue weighted by molar-refractivity contribution is -0.140. The van der Waals surface area contributed by atoms with E-state index in [0.717, 1.165) is 30.0 Å². The summed E-state index contributed by atoms with van der Waals surface area (Å²) in [4.78, 5) is 28.8. The Bertz CT molecular complexity index is 1320. The molecular formula is C27H33Cl2N3O6S. The monoisotopic (exact) mass is 597 g/mol. The van der Waals surface area contributed by atoms with E-state index in [1.807, 2.05) is 6.92 Å². The van der Waals surface area contributed by atoms with Crippen molar-refractivity contribution in [1.82, 2.24) is 10.2 Å². The van der Waals surface area contributed by atoms with Crippen LogP contribution in [0.3, 0.4) is 0 Å². The van der Waals surface area contributed by atoms with Gasteiger partial charge in [0.25, 0.3) is 0 Å². The van der Waals surface area contributed by atoms with Gasteiger partial charge in [-0.2, -0.15) is 0 Å². The second kappa shape index (κ2) is 12.7. The predicted octanol–water partition coefficient (Wildman–Crippen LogP) is 4.74. The van der Waals surface area contributed by atoms with E-state index in [0.29, 0.717) is 33.5 Å². The first-order valence-electron chi connectivity index (χ1n) is 13.1. The number of rotatable bonds is 11. The van der Waals surface area contributed by atoms with Gasteiger partial charge in [-0.05, 0) is 56.0 Å². The number of sulfonamides is 1. The van der Waals surface area contributed by atoms with E-state index in [-0.39, 0.29) is 36.7 Å². The van der Waals surface area contributed by atoms with Crippen molar-refractivity contribution >= 4 is 50.7 Å². The molecule has 1 fully saturated rings. The summed E-state index contributed by atoms with van der Waals surface area (Å²) in [5, 5.41) is 3.87. The number of fused-ring (bicyclic) bond motifs is 1. The normalized spacial score (nSPS) is 15.7. The Morgan fingerprint density at radius 1 is 1.05 bits per heavy atom. The summed E-state index contributed by atoms with van der Waals surface area (Å²) >= 11 is 12.5. The van der Waals surface area contributed by atoms with Crippen LogP contribution in [0.4, 0.5) is 5.69 Å². The second-order valence-electron chi connectivity index (χ2n) is 9.62. The fourth-order valence-electron chi connectivity index (χ4n) is 4.88. The number of benzene rings is 2. The molecule has 0 spiro atoms. The van der Waals surface area contributed by atoms with Gasteiger partial charge >= 0.3 is 0 Å². The maximum absolute atomic E-state index is 14.0. The Balaban J connectivity index is 1.67. The molecule has 2 aliphatic rings. The van der Waals surface area contributed by atoms with Crippen LogP contribution in [-0.2, 0) is 26.2 Å². The number of hydrogen-bond donors (Lipinski definition) is 1. The fraction of sp³-hybridized carbons (Fsp3) is 0.481. The number of carbonyl (C=O) groups is 2. The number of halogens is 2. The van der Waals surface area contributed by atoms with Gasteiger partial charge in [0.15, 0.2) is 11.5 Å². The molecule has 1 aliphatic carbocycles. The molecule has 4 rings (SSSR count). The van der Waals surface area contributed by atoms with Crippen LogP contribution in [0.2, 0.25) is 10.0 Å². The van der Waals surface area contributed by atoms with Crippen LogP contribution >= 0.6 is 23.2 Å². The number of carbonyl (C=O) groups excluding carboxylic acids is 2. The van der Waals surface area contributed by atoms with Crippen LogP contribution < -0.4 is 19.1 Å². The molecular weight excluding hydrogens is 565 g/mol. The van der Waals surface area contributed by atoms with E-state index in [2.05, 4.69) is 5.32 Å². The van der Waals surface area contributed by atoms with Gasteiger partial charge in [-0.15, -0.1) is 0 Å². The van der Waals surface area contributed by atoms with E-state index in [1.54, 1.807) is 30.3 Å². The smallest absolute Gasteiger partial charge is 0.244 e. The molecule has 1 saturated carbocycles. The lowest BCUT2D eigenvalue weighted by Gasteiger charge is -2.34. The van der Waals surface area contributed by atoms with Gasteiger partial charge in [0.1, 0.15) is 12.6 Å². The first-order valence-corrected chi connectivity index (χ1v) is 15.4. The van der Waals surface area contributed by atoms with Crippen LogP contribution in [0.15, 0.2) is 36.4 Å². The van der Waals surface area contributed by atoms with E-state index >= 15 is 0 Å². The number of amides is 2. The van der Waals surface area contributed by atoms with Gasteiger partial charge in [0, 0.05) is 28.7 Å². The molecule has 0 bridgehead atoms. The Morgan fingerprint density at radius 2 is 1.77 bits per heavy atom. The number of anilines is 1. The van der Waals surface area contributed by atoms with E-state index in [1.165, 1.54) is 17.9 Å². The predicted molar refractivity (Wildman–Crippen MR) is 151 cm³/mol.